The highest BCUT2D eigenvalue weighted by molar-refractivity contribution is 7.36. The van der Waals surface area contributed by atoms with Crippen molar-refractivity contribution in [2.45, 2.75) is 175 Å². The second-order valence-corrected chi connectivity index (χ2v) is 11.7. The van der Waals surface area contributed by atoms with Crippen LogP contribution >= 0.6 is 8.60 Å². The van der Waals surface area contributed by atoms with Gasteiger partial charge >= 0.3 is 0 Å². The average molecular weight is 535 g/mol. The van der Waals surface area contributed by atoms with Crippen LogP contribution < -0.4 is 14.3 Å². The molecule has 4 heteroatoms. The third-order valence-corrected chi connectivity index (χ3v) is 8.11. The first-order chi connectivity index (χ1) is 18.1. The Morgan fingerprint density at radius 3 is 1.30 bits per heavy atom. The van der Waals surface area contributed by atoms with Gasteiger partial charge in [0.05, 0.1) is 0 Å². The Kier molecular flexibility index (Phi) is 22.7. The topological polar surface area (TPSA) is 55.3 Å². The summed E-state index contributed by atoms with van der Waals surface area (Å²) in [6, 6.07) is 4.10. The molecule has 1 aromatic carbocycles. The maximum atomic E-state index is 11.5. The van der Waals surface area contributed by atoms with Crippen LogP contribution in [0.3, 0.4) is 0 Å². The van der Waals surface area contributed by atoms with E-state index in [0.717, 1.165) is 25.7 Å². The molecule has 1 rings (SSSR count). The molecule has 1 aromatic rings. The summed E-state index contributed by atoms with van der Waals surface area (Å²) in [6.07, 6.45) is 30.2. The van der Waals surface area contributed by atoms with Gasteiger partial charge in [-0.2, -0.15) is 0 Å². The highest BCUT2D eigenvalue weighted by atomic mass is 31.2. The summed E-state index contributed by atoms with van der Waals surface area (Å²) in [5, 5.41) is 0. The molecule has 0 aromatic heterocycles. The Labute approximate surface area is 232 Å². The van der Waals surface area contributed by atoms with Gasteiger partial charge in [-0.1, -0.05) is 151 Å². The molecule has 0 aliphatic carbocycles. The van der Waals surface area contributed by atoms with Crippen molar-refractivity contribution in [3.8, 4) is 5.75 Å². The number of hydrogen-bond acceptors (Lipinski definition) is 3. The SMILES string of the molecule is CCCCCCCCCc1ccc(OP([O-])[O-])c(CCCCCCCCC)c1CCCCCCCCC. The molecule has 3 nitrogen and oxygen atoms in total. The van der Waals surface area contributed by atoms with Gasteiger partial charge in [-0.15, -0.1) is 0 Å². The first-order valence-electron chi connectivity index (χ1n) is 16.1. The van der Waals surface area contributed by atoms with Gasteiger partial charge < -0.3 is 14.3 Å². The van der Waals surface area contributed by atoms with Crippen LogP contribution in [-0.4, -0.2) is 0 Å². The number of unbranched alkanes of at least 4 members (excludes halogenated alkanes) is 18. The summed E-state index contributed by atoms with van der Waals surface area (Å²) >= 11 is 0. The summed E-state index contributed by atoms with van der Waals surface area (Å²) in [7, 11) is -2.89. The van der Waals surface area contributed by atoms with Crippen LogP contribution in [0.1, 0.15) is 172 Å². The van der Waals surface area contributed by atoms with Crippen LogP contribution in [0.15, 0.2) is 12.1 Å². The smallest absolute Gasteiger partial charge is 0.123 e. The van der Waals surface area contributed by atoms with Crippen LogP contribution in [0, 0.1) is 0 Å². The van der Waals surface area contributed by atoms with Crippen molar-refractivity contribution >= 4 is 8.60 Å². The molecule has 0 atom stereocenters. The Bertz CT molecular complexity index is 647. The maximum Gasteiger partial charge on any atom is 0.123 e. The van der Waals surface area contributed by atoms with Crippen molar-refractivity contribution in [3.05, 3.63) is 28.8 Å². The van der Waals surface area contributed by atoms with Gasteiger partial charge in [0.2, 0.25) is 0 Å². The molecule has 0 saturated carbocycles. The molecule has 0 heterocycles. The molecule has 216 valence electrons. The minimum Gasteiger partial charge on any atom is -0.810 e. The molecule has 0 aliphatic heterocycles. The molecule has 0 spiro atoms. The number of hydrogen-bond donors (Lipinski definition) is 0. The van der Waals surface area contributed by atoms with Gasteiger partial charge in [-0.25, -0.2) is 0 Å². The quantitative estimate of drug-likeness (QED) is 0.0877. The van der Waals surface area contributed by atoms with Crippen LogP contribution in [0.4, 0.5) is 0 Å². The van der Waals surface area contributed by atoms with Crippen LogP contribution in [0.25, 0.3) is 0 Å². The van der Waals surface area contributed by atoms with Gasteiger partial charge in [0, 0.05) is 0 Å². The van der Waals surface area contributed by atoms with Crippen molar-refractivity contribution in [2.75, 3.05) is 0 Å². The van der Waals surface area contributed by atoms with Crippen LogP contribution in [0.2, 0.25) is 0 Å². The predicted molar refractivity (Wildman–Crippen MR) is 159 cm³/mol. The molecule has 0 N–H and O–H groups in total. The summed E-state index contributed by atoms with van der Waals surface area (Å²) in [5.41, 5.74) is 4.02. The lowest BCUT2D eigenvalue weighted by molar-refractivity contribution is -0.310. The minimum absolute atomic E-state index is 0.586. The minimum atomic E-state index is -2.89. The molecule has 0 fully saturated rings. The van der Waals surface area contributed by atoms with E-state index in [9.17, 15) is 9.79 Å². The largest absolute Gasteiger partial charge is 0.810 e. The first-order valence-corrected chi connectivity index (χ1v) is 17.2. The highest BCUT2D eigenvalue weighted by Gasteiger charge is 2.14. The van der Waals surface area contributed by atoms with E-state index >= 15 is 0 Å². The van der Waals surface area contributed by atoms with E-state index < -0.39 is 8.60 Å². The van der Waals surface area contributed by atoms with Crippen molar-refractivity contribution in [2.24, 2.45) is 0 Å². The molecule has 0 amide bonds. The number of benzene rings is 1. The fraction of sp³-hybridized carbons (Fsp3) is 0.818. The molecule has 0 saturated heterocycles. The Morgan fingerprint density at radius 2 is 0.865 bits per heavy atom. The summed E-state index contributed by atoms with van der Waals surface area (Å²) in [4.78, 5) is 23.0. The molecular weight excluding hydrogens is 475 g/mol. The van der Waals surface area contributed by atoms with Gasteiger partial charge in [-0.05, 0) is 61.3 Å². The van der Waals surface area contributed by atoms with Gasteiger partial charge in [0.15, 0.2) is 0 Å². The molecule has 0 unspecified atom stereocenters. The third kappa shape index (κ3) is 17.6. The lowest BCUT2D eigenvalue weighted by Gasteiger charge is -2.31. The zero-order valence-electron chi connectivity index (χ0n) is 24.8. The third-order valence-electron chi connectivity index (χ3n) is 7.77. The van der Waals surface area contributed by atoms with Crippen molar-refractivity contribution in [3.63, 3.8) is 0 Å². The highest BCUT2D eigenvalue weighted by Crippen LogP contribution is 2.34. The van der Waals surface area contributed by atoms with E-state index in [0.29, 0.717) is 5.75 Å². The van der Waals surface area contributed by atoms with Crippen molar-refractivity contribution in [1.29, 1.82) is 0 Å². The lowest BCUT2D eigenvalue weighted by Crippen LogP contribution is -2.14. The lowest BCUT2D eigenvalue weighted by atomic mass is 9.89. The average Bonchev–Trinajstić information content (AvgIpc) is 2.88. The molecule has 37 heavy (non-hydrogen) atoms. The van der Waals surface area contributed by atoms with Gasteiger partial charge in [0.1, 0.15) is 5.75 Å². The van der Waals surface area contributed by atoms with Crippen molar-refractivity contribution in [1.82, 2.24) is 0 Å². The second-order valence-electron chi connectivity index (χ2n) is 11.1. The zero-order valence-corrected chi connectivity index (χ0v) is 25.7. The van der Waals surface area contributed by atoms with Crippen LogP contribution in [-0.2, 0) is 19.3 Å². The number of aryl methyl sites for hydroxylation is 1. The van der Waals surface area contributed by atoms with Gasteiger partial charge in [-0.3, -0.25) is 0 Å². The second kappa shape index (κ2) is 24.4. The van der Waals surface area contributed by atoms with E-state index in [2.05, 4.69) is 26.8 Å². The van der Waals surface area contributed by atoms with E-state index in [1.54, 1.807) is 0 Å². The fourth-order valence-electron chi connectivity index (χ4n) is 5.50. The van der Waals surface area contributed by atoms with E-state index in [-0.39, 0.29) is 0 Å². The zero-order chi connectivity index (χ0) is 27.0. The molecule has 0 bridgehead atoms. The number of rotatable bonds is 26. The monoisotopic (exact) mass is 534 g/mol. The normalized spacial score (nSPS) is 11.5. The summed E-state index contributed by atoms with van der Waals surface area (Å²) in [5.74, 6) is 0.586. The Balaban J connectivity index is 2.84. The van der Waals surface area contributed by atoms with Crippen molar-refractivity contribution < 1.29 is 14.3 Å². The van der Waals surface area contributed by atoms with E-state index in [4.69, 9.17) is 4.52 Å². The predicted octanol–water partition coefficient (Wildman–Crippen LogP) is 9.89. The molecule has 0 radical (unpaired) electrons. The fourth-order valence-corrected chi connectivity index (χ4v) is 5.83. The molecule has 0 aliphatic rings. The Morgan fingerprint density at radius 1 is 0.486 bits per heavy atom. The van der Waals surface area contributed by atoms with Crippen LogP contribution in [0.5, 0.6) is 5.75 Å². The summed E-state index contributed by atoms with van der Waals surface area (Å²) < 4.78 is 5.36. The maximum absolute atomic E-state index is 11.5. The molecular formula is C33H59O3P-2. The Hall–Kier alpha value is -0.630. The summed E-state index contributed by atoms with van der Waals surface area (Å²) in [6.45, 7) is 6.80. The van der Waals surface area contributed by atoms with E-state index in [1.807, 2.05) is 6.07 Å². The van der Waals surface area contributed by atoms with Gasteiger partial charge in [0.25, 0.3) is 0 Å². The standard InChI is InChI=1S/C33H59O3P/c1-4-7-10-13-16-19-22-25-30-28-29-33(36-37(34)35)32(27-24-21-18-15-12-9-6-3)31(30)26-23-20-17-14-11-8-5-2/h28-29H,4-27H2,1-3H3/q-2. The first kappa shape index (κ1) is 34.4. The van der Waals surface area contributed by atoms with E-state index in [1.165, 1.54) is 145 Å².